The number of benzene rings is 2. The summed E-state index contributed by atoms with van der Waals surface area (Å²) < 4.78 is 8.21. The first-order chi connectivity index (χ1) is 16.1. The lowest BCUT2D eigenvalue weighted by molar-refractivity contribution is 0.102. The number of hydrogen-bond acceptors (Lipinski definition) is 6. The van der Waals surface area contributed by atoms with Crippen molar-refractivity contribution < 1.29 is 9.32 Å². The van der Waals surface area contributed by atoms with Gasteiger partial charge in [0.25, 0.3) is 5.91 Å². The summed E-state index contributed by atoms with van der Waals surface area (Å²) in [6.07, 6.45) is 2.75. The largest absolute Gasteiger partial charge is 0.360 e. The molecular weight excluding hydrogens is 458 g/mol. The quantitative estimate of drug-likeness (QED) is 0.353. The van der Waals surface area contributed by atoms with Crippen LogP contribution in [0.2, 0.25) is 5.02 Å². The van der Waals surface area contributed by atoms with Crippen LogP contribution in [0.1, 0.15) is 33.8 Å². The highest BCUT2D eigenvalue weighted by Gasteiger charge is 2.29. The van der Waals surface area contributed by atoms with E-state index in [1.54, 1.807) is 29.0 Å². The summed E-state index contributed by atoms with van der Waals surface area (Å²) in [5.74, 6) is 0.753. The van der Waals surface area contributed by atoms with Crippen LogP contribution >= 0.6 is 22.9 Å². The number of thiazole rings is 1. The van der Waals surface area contributed by atoms with E-state index in [1.165, 1.54) is 0 Å². The second kappa shape index (κ2) is 7.83. The highest BCUT2D eigenvalue weighted by atomic mass is 35.5. The van der Waals surface area contributed by atoms with E-state index >= 15 is 0 Å². The highest BCUT2D eigenvalue weighted by Crippen LogP contribution is 2.35. The lowest BCUT2D eigenvalue weighted by Gasteiger charge is -2.10. The number of aryl methyl sites for hydroxylation is 2. The van der Waals surface area contributed by atoms with E-state index in [9.17, 15) is 4.79 Å². The number of carbonyl (C=O) groups excluding carboxylic acids is 1. The van der Waals surface area contributed by atoms with Gasteiger partial charge in [-0.3, -0.25) is 4.79 Å². The van der Waals surface area contributed by atoms with E-state index < -0.39 is 0 Å². The summed E-state index contributed by atoms with van der Waals surface area (Å²) in [7, 11) is 0. The van der Waals surface area contributed by atoms with Gasteiger partial charge in [-0.1, -0.05) is 58.4 Å². The molecule has 0 radical (unpaired) electrons. The summed E-state index contributed by atoms with van der Waals surface area (Å²) in [5.41, 5.74) is 4.37. The smallest absolute Gasteiger partial charge is 0.262 e. The van der Waals surface area contributed by atoms with Crippen LogP contribution < -0.4 is 5.32 Å². The number of nitrogens with one attached hydrogen (secondary N) is 1. The molecule has 3 heterocycles. The molecule has 0 spiro atoms. The van der Waals surface area contributed by atoms with Crippen LogP contribution in [0.5, 0.6) is 0 Å². The van der Waals surface area contributed by atoms with E-state index in [0.29, 0.717) is 38.6 Å². The fourth-order valence-electron chi connectivity index (χ4n) is 4.26. The first-order valence-corrected chi connectivity index (χ1v) is 11.8. The Morgan fingerprint density at radius 1 is 1.15 bits per heavy atom. The Hall–Kier alpha value is -3.49. The zero-order valence-electron chi connectivity index (χ0n) is 17.6. The number of halogens is 1. The minimum absolute atomic E-state index is 0.319. The maximum atomic E-state index is 13.5. The molecule has 9 heteroatoms. The lowest BCUT2D eigenvalue weighted by Crippen LogP contribution is -2.17. The van der Waals surface area contributed by atoms with Crippen LogP contribution in [-0.2, 0) is 12.8 Å². The number of para-hydroxylation sites is 1. The number of nitrogens with zero attached hydrogens (tertiary/aromatic N) is 4. The van der Waals surface area contributed by atoms with Crippen molar-refractivity contribution in [1.29, 1.82) is 0 Å². The van der Waals surface area contributed by atoms with Gasteiger partial charge in [-0.15, -0.1) is 0 Å². The molecule has 33 heavy (non-hydrogen) atoms. The van der Waals surface area contributed by atoms with Crippen LogP contribution in [0.4, 0.5) is 5.82 Å². The Morgan fingerprint density at radius 3 is 2.82 bits per heavy atom. The normalized spacial score (nSPS) is 12.9. The van der Waals surface area contributed by atoms with Gasteiger partial charge in [0.2, 0.25) is 5.13 Å². The molecule has 1 aliphatic rings. The Bertz CT molecular complexity index is 1500. The average molecular weight is 476 g/mol. The molecule has 0 atom stereocenters. The van der Waals surface area contributed by atoms with Gasteiger partial charge in [-0.25, -0.2) is 4.98 Å². The monoisotopic (exact) mass is 475 g/mol. The Kier molecular flexibility index (Phi) is 4.78. The molecule has 2 aromatic carbocycles. The predicted molar refractivity (Wildman–Crippen MR) is 128 cm³/mol. The van der Waals surface area contributed by atoms with Crippen molar-refractivity contribution in [3.05, 3.63) is 76.1 Å². The van der Waals surface area contributed by atoms with Gasteiger partial charge < -0.3 is 9.84 Å². The molecule has 5 aromatic rings. The Morgan fingerprint density at radius 2 is 1.97 bits per heavy atom. The maximum absolute atomic E-state index is 13.5. The fraction of sp³-hybridized carbons (Fsp3) is 0.167. The van der Waals surface area contributed by atoms with Crippen molar-refractivity contribution in [2.24, 2.45) is 0 Å². The molecule has 0 saturated carbocycles. The second-order valence-corrected chi connectivity index (χ2v) is 9.32. The first kappa shape index (κ1) is 20.1. The maximum Gasteiger partial charge on any atom is 0.262 e. The topological polar surface area (TPSA) is 85.8 Å². The van der Waals surface area contributed by atoms with Crippen LogP contribution in [0.15, 0.2) is 53.1 Å². The number of rotatable bonds is 4. The zero-order chi connectivity index (χ0) is 22.5. The molecule has 0 bridgehead atoms. The van der Waals surface area contributed by atoms with Crippen molar-refractivity contribution in [2.45, 2.75) is 26.2 Å². The molecule has 164 valence electrons. The fourth-order valence-corrected chi connectivity index (χ4v) is 5.41. The molecule has 6 rings (SSSR count). The van der Waals surface area contributed by atoms with Gasteiger partial charge in [0.1, 0.15) is 22.8 Å². The predicted octanol–water partition coefficient (Wildman–Crippen LogP) is 5.84. The average Bonchev–Trinajstić information content (AvgIpc) is 3.57. The molecule has 0 unspecified atom stereocenters. The first-order valence-electron chi connectivity index (χ1n) is 10.6. The standard InChI is InChI=1S/C24H18ClN5O2S/c1-13-20(21(29-32-13)14-7-2-3-9-16(14)25)23(31)27-22-15-8-6-11-17(15)28-30(22)24-26-18-10-4-5-12-19(18)33-24/h2-5,7,9-10,12H,6,8,11H2,1H3,(H,27,31). The number of amides is 1. The van der Waals surface area contributed by atoms with E-state index in [1.807, 2.05) is 42.5 Å². The molecule has 0 fully saturated rings. The molecule has 1 N–H and O–H groups in total. The van der Waals surface area contributed by atoms with Crippen molar-refractivity contribution in [1.82, 2.24) is 19.9 Å². The van der Waals surface area contributed by atoms with Crippen LogP contribution in [-0.4, -0.2) is 25.8 Å². The van der Waals surface area contributed by atoms with Gasteiger partial charge in [0, 0.05) is 11.1 Å². The minimum atomic E-state index is -0.319. The van der Waals surface area contributed by atoms with Crippen LogP contribution in [0.3, 0.4) is 0 Å². The highest BCUT2D eigenvalue weighted by molar-refractivity contribution is 7.20. The number of hydrogen-bond donors (Lipinski definition) is 1. The van der Waals surface area contributed by atoms with E-state index in [-0.39, 0.29) is 5.91 Å². The SMILES string of the molecule is Cc1onc(-c2ccccc2Cl)c1C(=O)Nc1c2c(nn1-c1nc3ccccc3s1)CCC2. The summed E-state index contributed by atoms with van der Waals surface area (Å²) in [6, 6.07) is 15.2. The molecule has 7 nitrogen and oxygen atoms in total. The third-order valence-electron chi connectivity index (χ3n) is 5.82. The number of anilines is 1. The molecule has 1 aliphatic carbocycles. The van der Waals surface area contributed by atoms with Gasteiger partial charge in [0.05, 0.1) is 20.9 Å². The van der Waals surface area contributed by atoms with E-state index in [2.05, 4.69) is 10.5 Å². The summed E-state index contributed by atoms with van der Waals surface area (Å²) in [4.78, 5) is 18.3. The zero-order valence-corrected chi connectivity index (χ0v) is 19.2. The summed E-state index contributed by atoms with van der Waals surface area (Å²) in [5, 5.41) is 13.2. The third-order valence-corrected chi connectivity index (χ3v) is 7.16. The van der Waals surface area contributed by atoms with Crippen molar-refractivity contribution in [3.63, 3.8) is 0 Å². The van der Waals surface area contributed by atoms with Crippen molar-refractivity contribution in [2.75, 3.05) is 5.32 Å². The van der Waals surface area contributed by atoms with E-state index in [0.717, 1.165) is 40.7 Å². The summed E-state index contributed by atoms with van der Waals surface area (Å²) in [6.45, 7) is 1.72. The molecule has 3 aromatic heterocycles. The van der Waals surface area contributed by atoms with Gasteiger partial charge in [-0.05, 0) is 44.4 Å². The molecule has 1 amide bonds. The number of aromatic nitrogens is 4. The molecular formula is C24H18ClN5O2S. The van der Waals surface area contributed by atoms with Crippen molar-refractivity contribution in [3.8, 4) is 16.4 Å². The Labute approximate surface area is 198 Å². The van der Waals surface area contributed by atoms with Gasteiger partial charge in [0.15, 0.2) is 0 Å². The number of fused-ring (bicyclic) bond motifs is 2. The van der Waals surface area contributed by atoms with Crippen molar-refractivity contribution >= 4 is 44.9 Å². The van der Waals surface area contributed by atoms with Crippen LogP contribution in [0, 0.1) is 6.92 Å². The summed E-state index contributed by atoms with van der Waals surface area (Å²) >= 11 is 7.91. The Balaban J connectivity index is 1.43. The molecule has 0 aliphatic heterocycles. The number of carbonyl (C=O) groups is 1. The second-order valence-electron chi connectivity index (χ2n) is 7.90. The molecule has 0 saturated heterocycles. The third kappa shape index (κ3) is 3.34. The van der Waals surface area contributed by atoms with E-state index in [4.69, 9.17) is 26.2 Å². The van der Waals surface area contributed by atoms with Gasteiger partial charge >= 0.3 is 0 Å². The lowest BCUT2D eigenvalue weighted by atomic mass is 10.1. The van der Waals surface area contributed by atoms with Crippen LogP contribution in [0.25, 0.3) is 26.6 Å². The minimum Gasteiger partial charge on any atom is -0.360 e. The van der Waals surface area contributed by atoms with Gasteiger partial charge in [-0.2, -0.15) is 9.78 Å².